The number of anilines is 1. The number of nitrogens with one attached hydrogen (secondary N) is 1. The number of nitrogens with zero attached hydrogens (tertiary/aromatic N) is 3. The summed E-state index contributed by atoms with van der Waals surface area (Å²) in [6, 6.07) is 3.94. The summed E-state index contributed by atoms with van der Waals surface area (Å²) >= 11 is 0. The van der Waals surface area contributed by atoms with E-state index in [0.29, 0.717) is 0 Å². The van der Waals surface area contributed by atoms with Gasteiger partial charge in [-0.1, -0.05) is 0 Å². The molecule has 0 fully saturated rings. The first-order valence-electron chi connectivity index (χ1n) is 4.33. The van der Waals surface area contributed by atoms with E-state index < -0.39 is 0 Å². The molecule has 0 bridgehead atoms. The van der Waals surface area contributed by atoms with Crippen LogP contribution in [-0.4, -0.2) is 15.0 Å². The molecule has 14 heavy (non-hydrogen) atoms. The smallest absolute Gasteiger partial charge is 0.115 e. The Bertz CT molecular complexity index is 334. The van der Waals surface area contributed by atoms with E-state index in [-0.39, 0.29) is 0 Å². The first-order chi connectivity index (χ1) is 6.95. The molecule has 1 N–H and O–H groups in total. The number of aromatic nitrogens is 3. The maximum atomic E-state index is 3.95. The third-order valence-corrected chi connectivity index (χ3v) is 1.81. The molecule has 0 spiro atoms. The molecule has 2 heterocycles. The van der Waals surface area contributed by atoms with Crippen LogP contribution in [0.15, 0.2) is 43.2 Å². The molecule has 0 unspecified atom stereocenters. The fraction of sp³-hybridized carbons (Fsp3) is 0.100. The Morgan fingerprint density at radius 3 is 2.43 bits per heavy atom. The monoisotopic (exact) mass is 186 g/mol. The van der Waals surface area contributed by atoms with Gasteiger partial charge >= 0.3 is 0 Å². The van der Waals surface area contributed by atoms with Gasteiger partial charge in [0.25, 0.3) is 0 Å². The topological polar surface area (TPSA) is 50.7 Å². The Labute approximate surface area is 82.1 Å². The maximum absolute atomic E-state index is 3.95. The lowest BCUT2D eigenvalue weighted by Gasteiger charge is -2.04. The molecular formula is C10H10N4. The van der Waals surface area contributed by atoms with Crippen molar-refractivity contribution in [2.24, 2.45) is 0 Å². The molecule has 0 saturated carbocycles. The quantitative estimate of drug-likeness (QED) is 0.788. The second kappa shape index (κ2) is 4.32. The zero-order chi connectivity index (χ0) is 9.64. The van der Waals surface area contributed by atoms with Crippen molar-refractivity contribution in [1.82, 2.24) is 15.0 Å². The van der Waals surface area contributed by atoms with Crippen molar-refractivity contribution < 1.29 is 0 Å². The van der Waals surface area contributed by atoms with Crippen LogP contribution in [0.3, 0.4) is 0 Å². The maximum Gasteiger partial charge on any atom is 0.115 e. The minimum Gasteiger partial charge on any atom is -0.378 e. The van der Waals surface area contributed by atoms with Crippen LogP contribution in [0.25, 0.3) is 0 Å². The van der Waals surface area contributed by atoms with Gasteiger partial charge in [0.15, 0.2) is 0 Å². The molecule has 2 rings (SSSR count). The molecule has 2 aromatic heterocycles. The summed E-state index contributed by atoms with van der Waals surface area (Å²) in [6.07, 6.45) is 8.55. The van der Waals surface area contributed by atoms with Gasteiger partial charge in [-0.05, 0) is 17.7 Å². The van der Waals surface area contributed by atoms with E-state index in [0.717, 1.165) is 12.2 Å². The van der Waals surface area contributed by atoms with E-state index in [4.69, 9.17) is 0 Å². The standard InChI is InChI=1S/C10H10N4/c1-3-11-4-2-9(1)5-14-10-6-12-8-13-7-10/h1-4,6-8,14H,5H2. The summed E-state index contributed by atoms with van der Waals surface area (Å²) in [6.45, 7) is 0.760. The molecule has 0 aromatic carbocycles. The lowest BCUT2D eigenvalue weighted by molar-refractivity contribution is 1.09. The van der Waals surface area contributed by atoms with E-state index in [1.807, 2.05) is 12.1 Å². The van der Waals surface area contributed by atoms with Crippen LogP contribution < -0.4 is 5.32 Å². The molecule has 0 atom stereocenters. The van der Waals surface area contributed by atoms with Gasteiger partial charge in [-0.3, -0.25) is 4.98 Å². The first kappa shape index (κ1) is 8.62. The number of hydrogen-bond acceptors (Lipinski definition) is 4. The van der Waals surface area contributed by atoms with Crippen molar-refractivity contribution >= 4 is 5.69 Å². The van der Waals surface area contributed by atoms with Crippen molar-refractivity contribution in [2.75, 3.05) is 5.32 Å². The van der Waals surface area contributed by atoms with Crippen LogP contribution in [-0.2, 0) is 6.54 Å². The van der Waals surface area contributed by atoms with E-state index in [1.165, 1.54) is 11.9 Å². The molecular weight excluding hydrogens is 176 g/mol. The first-order valence-corrected chi connectivity index (χ1v) is 4.33. The van der Waals surface area contributed by atoms with E-state index >= 15 is 0 Å². The van der Waals surface area contributed by atoms with Crippen LogP contribution in [0.5, 0.6) is 0 Å². The van der Waals surface area contributed by atoms with Gasteiger partial charge in [-0.25, -0.2) is 9.97 Å². The van der Waals surface area contributed by atoms with Crippen molar-refractivity contribution in [1.29, 1.82) is 0 Å². The van der Waals surface area contributed by atoms with Gasteiger partial charge in [0, 0.05) is 18.9 Å². The summed E-state index contributed by atoms with van der Waals surface area (Å²) in [5.41, 5.74) is 2.10. The summed E-state index contributed by atoms with van der Waals surface area (Å²) in [7, 11) is 0. The SMILES string of the molecule is c1cc(CNc2cncnc2)ccn1. The minimum atomic E-state index is 0.760. The van der Waals surface area contributed by atoms with Crippen LogP contribution in [0.1, 0.15) is 5.56 Å². The fourth-order valence-corrected chi connectivity index (χ4v) is 1.10. The Hall–Kier alpha value is -1.97. The molecule has 2 aromatic rings. The second-order valence-electron chi connectivity index (χ2n) is 2.84. The predicted octanol–water partition coefficient (Wildman–Crippen LogP) is 1.48. The molecule has 4 heteroatoms. The molecule has 0 aliphatic heterocycles. The van der Waals surface area contributed by atoms with E-state index in [2.05, 4.69) is 20.3 Å². The van der Waals surface area contributed by atoms with E-state index in [9.17, 15) is 0 Å². The van der Waals surface area contributed by atoms with Gasteiger partial charge < -0.3 is 5.32 Å². The highest BCUT2D eigenvalue weighted by atomic mass is 14.9. The second-order valence-corrected chi connectivity index (χ2v) is 2.84. The van der Waals surface area contributed by atoms with Gasteiger partial charge in [-0.15, -0.1) is 0 Å². The Morgan fingerprint density at radius 2 is 1.71 bits per heavy atom. The van der Waals surface area contributed by atoms with E-state index in [1.54, 1.807) is 24.8 Å². The van der Waals surface area contributed by atoms with Gasteiger partial charge in [0.1, 0.15) is 6.33 Å². The number of hydrogen-bond donors (Lipinski definition) is 1. The molecule has 4 nitrogen and oxygen atoms in total. The summed E-state index contributed by atoms with van der Waals surface area (Å²) in [5.74, 6) is 0. The highest BCUT2D eigenvalue weighted by Gasteiger charge is 1.92. The Kier molecular flexibility index (Phi) is 2.66. The summed E-state index contributed by atoms with van der Waals surface area (Å²) in [5, 5.41) is 3.21. The predicted molar refractivity (Wildman–Crippen MR) is 53.6 cm³/mol. The summed E-state index contributed by atoms with van der Waals surface area (Å²) in [4.78, 5) is 11.8. The highest BCUT2D eigenvalue weighted by molar-refractivity contribution is 5.37. The van der Waals surface area contributed by atoms with Crippen molar-refractivity contribution in [3.8, 4) is 0 Å². The van der Waals surface area contributed by atoms with Crippen LogP contribution >= 0.6 is 0 Å². The van der Waals surface area contributed by atoms with Crippen molar-refractivity contribution in [3.63, 3.8) is 0 Å². The Morgan fingerprint density at radius 1 is 1.00 bits per heavy atom. The van der Waals surface area contributed by atoms with Crippen molar-refractivity contribution in [3.05, 3.63) is 48.8 Å². The molecule has 0 aliphatic carbocycles. The molecule has 0 amide bonds. The molecule has 0 saturated heterocycles. The number of rotatable bonds is 3. The van der Waals surface area contributed by atoms with Crippen LogP contribution in [0.4, 0.5) is 5.69 Å². The lowest BCUT2D eigenvalue weighted by atomic mass is 10.3. The highest BCUT2D eigenvalue weighted by Crippen LogP contribution is 2.04. The third kappa shape index (κ3) is 2.26. The lowest BCUT2D eigenvalue weighted by Crippen LogP contribution is -1.99. The van der Waals surface area contributed by atoms with Crippen molar-refractivity contribution in [2.45, 2.75) is 6.54 Å². The molecule has 0 radical (unpaired) electrons. The zero-order valence-electron chi connectivity index (χ0n) is 7.59. The van der Waals surface area contributed by atoms with Crippen LogP contribution in [0, 0.1) is 0 Å². The van der Waals surface area contributed by atoms with Gasteiger partial charge in [0.2, 0.25) is 0 Å². The third-order valence-electron chi connectivity index (χ3n) is 1.81. The molecule has 0 aliphatic rings. The normalized spacial score (nSPS) is 9.71. The largest absolute Gasteiger partial charge is 0.378 e. The van der Waals surface area contributed by atoms with Crippen LogP contribution in [0.2, 0.25) is 0 Å². The Balaban J connectivity index is 1.96. The zero-order valence-corrected chi connectivity index (χ0v) is 7.59. The fourth-order valence-electron chi connectivity index (χ4n) is 1.10. The average molecular weight is 186 g/mol. The number of pyridine rings is 1. The molecule has 70 valence electrons. The van der Waals surface area contributed by atoms with Gasteiger partial charge in [-0.2, -0.15) is 0 Å². The van der Waals surface area contributed by atoms with Gasteiger partial charge in [0.05, 0.1) is 18.1 Å². The summed E-state index contributed by atoms with van der Waals surface area (Å²) < 4.78 is 0. The average Bonchev–Trinajstić information content (AvgIpc) is 2.29. The minimum absolute atomic E-state index is 0.760.